The van der Waals surface area contributed by atoms with E-state index < -0.39 is 30.2 Å². The third-order valence-electron chi connectivity index (χ3n) is 3.53. The van der Waals surface area contributed by atoms with Gasteiger partial charge in [0.15, 0.2) is 0 Å². The van der Waals surface area contributed by atoms with Crippen molar-refractivity contribution in [3.63, 3.8) is 0 Å². The molecule has 0 bridgehead atoms. The normalized spacial score (nSPS) is 16.7. The first-order chi connectivity index (χ1) is 12.3. The van der Waals surface area contributed by atoms with E-state index in [2.05, 4.69) is 0 Å². The number of thiocarbonyl (C=S) groups is 1. The van der Waals surface area contributed by atoms with Crippen LogP contribution < -0.4 is 20.3 Å². The number of hydrogen-bond donors (Lipinski definition) is 1. The number of primary amides is 1. The third kappa shape index (κ3) is 4.14. The monoisotopic (exact) mass is 395 g/mol. The molecule has 8 nitrogen and oxygen atoms in total. The van der Waals surface area contributed by atoms with E-state index in [1.54, 1.807) is 18.2 Å². The second kappa shape index (κ2) is 8.19. The highest BCUT2D eigenvalue weighted by Gasteiger charge is 2.38. The van der Waals surface area contributed by atoms with Crippen LogP contribution in [-0.2, 0) is 14.4 Å². The fourth-order valence-electron chi connectivity index (χ4n) is 2.30. The first-order valence-electron chi connectivity index (χ1n) is 7.26. The molecule has 1 aliphatic rings. The topological polar surface area (TPSA) is 122 Å². The van der Waals surface area contributed by atoms with Crippen molar-refractivity contribution in [1.29, 1.82) is 0 Å². The van der Waals surface area contributed by atoms with Crippen LogP contribution in [0, 0.1) is 0 Å². The summed E-state index contributed by atoms with van der Waals surface area (Å²) in [6.45, 7) is 0. The van der Waals surface area contributed by atoms with Gasteiger partial charge in [-0.05, 0) is 18.2 Å². The molecule has 0 radical (unpaired) electrons. The van der Waals surface area contributed by atoms with Crippen molar-refractivity contribution >= 4 is 52.2 Å². The molecule has 0 aromatic heterocycles. The zero-order chi connectivity index (χ0) is 19.4. The third-order valence-corrected chi connectivity index (χ3v) is 4.86. The Labute approximate surface area is 158 Å². The molecule has 1 aromatic carbocycles. The Balaban J connectivity index is 2.37. The number of hydrogen-bond acceptors (Lipinski definition) is 8. The minimum Gasteiger partial charge on any atom is -0.548 e. The lowest BCUT2D eigenvalue weighted by Crippen LogP contribution is -2.51. The summed E-state index contributed by atoms with van der Waals surface area (Å²) >= 11 is 6.01. The summed E-state index contributed by atoms with van der Waals surface area (Å²) in [7, 11) is 2.98. The highest BCUT2D eigenvalue weighted by Crippen LogP contribution is 2.36. The van der Waals surface area contributed by atoms with Gasteiger partial charge in [-0.15, -0.1) is 0 Å². The Morgan fingerprint density at radius 1 is 1.38 bits per heavy atom. The lowest BCUT2D eigenvalue weighted by Gasteiger charge is -2.26. The van der Waals surface area contributed by atoms with Crippen molar-refractivity contribution < 1.29 is 29.0 Å². The van der Waals surface area contributed by atoms with Gasteiger partial charge in [0.25, 0.3) is 5.91 Å². The molecule has 0 spiro atoms. The van der Waals surface area contributed by atoms with E-state index in [0.717, 1.165) is 16.7 Å². The fourth-order valence-corrected chi connectivity index (χ4v) is 3.65. The molecule has 2 rings (SSSR count). The molecule has 1 aliphatic heterocycles. The first-order valence-corrected chi connectivity index (χ1v) is 8.49. The van der Waals surface area contributed by atoms with E-state index in [9.17, 15) is 19.5 Å². The number of carboxylic acids is 1. The van der Waals surface area contributed by atoms with Gasteiger partial charge in [0.05, 0.1) is 37.6 Å². The highest BCUT2D eigenvalue weighted by atomic mass is 32.2. The molecule has 138 valence electrons. The van der Waals surface area contributed by atoms with Crippen molar-refractivity contribution in [2.45, 2.75) is 12.5 Å². The summed E-state index contributed by atoms with van der Waals surface area (Å²) in [6, 6.07) is 3.46. The minimum atomic E-state index is -1.61. The standard InChI is InChI=1S/C16H16N2O6S2/c1-23-9-4-3-8(11(6-9)24-2)5-12-14(20)18(16(25)26-12)10(15(21)22)7-13(17)19/h3-6,10H,7H2,1-2H3,(H2,17,19)(H,21,22)/p-1/b12-5+/t10-/m0/s1. The number of nitrogens with two attached hydrogens (primary N) is 1. The van der Waals surface area contributed by atoms with E-state index >= 15 is 0 Å². The molecule has 0 saturated carbocycles. The van der Waals surface area contributed by atoms with Crippen LogP contribution in [0.15, 0.2) is 23.1 Å². The summed E-state index contributed by atoms with van der Waals surface area (Å²) in [5.74, 6) is -2.10. The van der Waals surface area contributed by atoms with Gasteiger partial charge >= 0.3 is 0 Å². The molecule has 0 aliphatic carbocycles. The maximum Gasteiger partial charge on any atom is 0.266 e. The van der Waals surface area contributed by atoms with Gasteiger partial charge < -0.3 is 25.1 Å². The highest BCUT2D eigenvalue weighted by molar-refractivity contribution is 8.26. The van der Waals surface area contributed by atoms with E-state index in [0.29, 0.717) is 17.1 Å². The maximum atomic E-state index is 12.6. The zero-order valence-corrected chi connectivity index (χ0v) is 15.5. The lowest BCUT2D eigenvalue weighted by molar-refractivity contribution is -0.310. The zero-order valence-electron chi connectivity index (χ0n) is 13.9. The van der Waals surface area contributed by atoms with Crippen molar-refractivity contribution in [1.82, 2.24) is 4.90 Å². The molecule has 26 heavy (non-hydrogen) atoms. The molecule has 10 heteroatoms. The summed E-state index contributed by atoms with van der Waals surface area (Å²) in [5.41, 5.74) is 5.63. The number of carbonyl (C=O) groups excluding carboxylic acids is 3. The average molecular weight is 395 g/mol. The van der Waals surface area contributed by atoms with Gasteiger partial charge in [-0.25, -0.2) is 0 Å². The number of benzene rings is 1. The molecule has 1 heterocycles. The number of ether oxygens (including phenoxy) is 2. The smallest absolute Gasteiger partial charge is 0.266 e. The van der Waals surface area contributed by atoms with E-state index in [4.69, 9.17) is 27.4 Å². The summed E-state index contributed by atoms with van der Waals surface area (Å²) in [5, 5.41) is 11.3. The number of aliphatic carboxylic acids is 1. The van der Waals surface area contributed by atoms with Gasteiger partial charge in [-0.1, -0.05) is 24.0 Å². The molecular weight excluding hydrogens is 380 g/mol. The van der Waals surface area contributed by atoms with Gasteiger partial charge in [0.2, 0.25) is 5.91 Å². The molecular formula is C16H15N2O6S2-. The van der Waals surface area contributed by atoms with Crippen LogP contribution in [0.25, 0.3) is 6.08 Å². The predicted octanol–water partition coefficient (Wildman–Crippen LogP) is -0.101. The number of carboxylic acid groups (broad SMARTS) is 1. The summed E-state index contributed by atoms with van der Waals surface area (Å²) in [4.78, 5) is 36.1. The molecule has 0 unspecified atom stereocenters. The second-order valence-corrected chi connectivity index (χ2v) is 6.84. The van der Waals surface area contributed by atoms with Gasteiger partial charge in [-0.3, -0.25) is 14.5 Å². The van der Waals surface area contributed by atoms with Crippen LogP contribution in [0.4, 0.5) is 0 Å². The van der Waals surface area contributed by atoms with E-state index in [-0.39, 0.29) is 9.23 Å². The Hall–Kier alpha value is -2.59. The molecule has 1 saturated heterocycles. The largest absolute Gasteiger partial charge is 0.548 e. The Morgan fingerprint density at radius 3 is 2.62 bits per heavy atom. The average Bonchev–Trinajstić information content (AvgIpc) is 2.86. The van der Waals surface area contributed by atoms with Crippen LogP contribution in [0.3, 0.4) is 0 Å². The lowest BCUT2D eigenvalue weighted by atomic mass is 10.1. The van der Waals surface area contributed by atoms with E-state index in [1.165, 1.54) is 20.3 Å². The van der Waals surface area contributed by atoms with Crippen molar-refractivity contribution in [2.24, 2.45) is 5.73 Å². The second-order valence-electron chi connectivity index (χ2n) is 5.16. The van der Waals surface area contributed by atoms with Crippen molar-refractivity contribution in [3.05, 3.63) is 28.7 Å². The maximum absolute atomic E-state index is 12.6. The molecule has 1 fully saturated rings. The van der Waals surface area contributed by atoms with Crippen molar-refractivity contribution in [3.8, 4) is 11.5 Å². The Morgan fingerprint density at radius 2 is 2.08 bits per heavy atom. The fraction of sp³-hybridized carbons (Fsp3) is 0.250. The van der Waals surface area contributed by atoms with Crippen LogP contribution in [0.2, 0.25) is 0 Å². The molecule has 1 atom stereocenters. The number of methoxy groups -OCH3 is 2. The van der Waals surface area contributed by atoms with Crippen LogP contribution in [0.1, 0.15) is 12.0 Å². The van der Waals surface area contributed by atoms with Gasteiger partial charge in [0.1, 0.15) is 15.8 Å². The molecule has 2 amide bonds. The SMILES string of the molecule is COc1ccc(/C=C2/SC(=S)N([C@@H](CC(N)=O)C(=O)[O-])C2=O)c(OC)c1. The van der Waals surface area contributed by atoms with Gasteiger partial charge in [-0.2, -0.15) is 0 Å². The number of thioether (sulfide) groups is 1. The molecule has 1 aromatic rings. The number of rotatable bonds is 7. The quantitative estimate of drug-likeness (QED) is 0.502. The summed E-state index contributed by atoms with van der Waals surface area (Å²) in [6.07, 6.45) is 0.933. The minimum absolute atomic E-state index is 0.00387. The summed E-state index contributed by atoms with van der Waals surface area (Å²) < 4.78 is 10.4. The van der Waals surface area contributed by atoms with Gasteiger partial charge in [0, 0.05) is 11.6 Å². The molecule has 2 N–H and O–H groups in total. The first kappa shape index (κ1) is 19.7. The Kier molecular flexibility index (Phi) is 6.22. The number of amides is 2. The van der Waals surface area contributed by atoms with Crippen LogP contribution >= 0.6 is 24.0 Å². The van der Waals surface area contributed by atoms with E-state index in [1.807, 2.05) is 0 Å². The predicted molar refractivity (Wildman–Crippen MR) is 97.2 cm³/mol. The van der Waals surface area contributed by atoms with Crippen LogP contribution in [0.5, 0.6) is 11.5 Å². The van der Waals surface area contributed by atoms with Crippen LogP contribution in [-0.4, -0.2) is 47.3 Å². The number of nitrogens with zero attached hydrogens (tertiary/aromatic N) is 1. The van der Waals surface area contributed by atoms with Crippen molar-refractivity contribution in [2.75, 3.05) is 14.2 Å². The number of carbonyl (C=O) groups is 3. The Bertz CT molecular complexity index is 808.